The van der Waals surface area contributed by atoms with Gasteiger partial charge in [0.15, 0.2) is 5.69 Å². The number of ether oxygens (including phenoxy) is 1. The van der Waals surface area contributed by atoms with Crippen molar-refractivity contribution in [1.82, 2.24) is 9.97 Å². The molecule has 0 aliphatic heterocycles. The van der Waals surface area contributed by atoms with Crippen LogP contribution in [0.15, 0.2) is 36.7 Å². The first kappa shape index (κ1) is 15.7. The SMILES string of the molecule is COc1ccc(C(CO)CNc2cnc(C(=O)O)cn2)cc1. The molecule has 0 bridgehead atoms. The molecule has 22 heavy (non-hydrogen) atoms. The molecule has 0 saturated carbocycles. The van der Waals surface area contributed by atoms with Crippen LogP contribution >= 0.6 is 0 Å². The lowest BCUT2D eigenvalue weighted by molar-refractivity contribution is 0.0690. The van der Waals surface area contributed by atoms with Crippen molar-refractivity contribution < 1.29 is 19.7 Å². The standard InChI is InChI=1S/C15H17N3O4/c1-22-12-4-2-10(3-5-12)11(9-19)6-17-14-8-16-13(7-18-14)15(20)21/h2-5,7-8,11,19H,6,9H2,1H3,(H,17,18)(H,20,21). The molecular weight excluding hydrogens is 286 g/mol. The summed E-state index contributed by atoms with van der Waals surface area (Å²) in [6, 6.07) is 7.44. The Morgan fingerprint density at radius 1 is 1.27 bits per heavy atom. The van der Waals surface area contributed by atoms with E-state index < -0.39 is 5.97 Å². The maximum Gasteiger partial charge on any atom is 0.356 e. The molecule has 1 heterocycles. The third kappa shape index (κ3) is 3.92. The lowest BCUT2D eigenvalue weighted by Gasteiger charge is -2.16. The molecule has 7 heteroatoms. The van der Waals surface area contributed by atoms with Gasteiger partial charge in [-0.1, -0.05) is 12.1 Å². The molecule has 2 rings (SSSR count). The summed E-state index contributed by atoms with van der Waals surface area (Å²) in [5, 5.41) is 21.3. The number of anilines is 1. The number of carbonyl (C=O) groups is 1. The largest absolute Gasteiger partial charge is 0.497 e. The summed E-state index contributed by atoms with van der Waals surface area (Å²) >= 11 is 0. The minimum absolute atomic E-state index is 0.0278. The predicted octanol–water partition coefficient (Wildman–Crippen LogP) is 1.37. The number of carboxylic acid groups (broad SMARTS) is 1. The Labute approximate surface area is 127 Å². The number of aliphatic hydroxyl groups excluding tert-OH is 1. The lowest BCUT2D eigenvalue weighted by atomic mass is 10.00. The van der Waals surface area contributed by atoms with Gasteiger partial charge in [-0.2, -0.15) is 0 Å². The first-order chi connectivity index (χ1) is 10.6. The van der Waals surface area contributed by atoms with Crippen molar-refractivity contribution in [2.75, 3.05) is 25.6 Å². The fourth-order valence-electron chi connectivity index (χ4n) is 1.92. The average Bonchev–Trinajstić information content (AvgIpc) is 2.56. The molecule has 3 N–H and O–H groups in total. The molecule has 1 aromatic carbocycles. The van der Waals surface area contributed by atoms with Gasteiger partial charge >= 0.3 is 5.97 Å². The summed E-state index contributed by atoms with van der Waals surface area (Å²) in [7, 11) is 1.60. The third-order valence-electron chi connectivity index (χ3n) is 3.21. The van der Waals surface area contributed by atoms with Crippen LogP contribution in [-0.2, 0) is 0 Å². The van der Waals surface area contributed by atoms with Crippen LogP contribution in [-0.4, -0.2) is 46.4 Å². The normalized spacial score (nSPS) is 11.7. The number of aromatic carboxylic acids is 1. The van der Waals surface area contributed by atoms with Gasteiger partial charge in [0.05, 0.1) is 26.1 Å². The van der Waals surface area contributed by atoms with Crippen LogP contribution in [0.3, 0.4) is 0 Å². The summed E-state index contributed by atoms with van der Waals surface area (Å²) in [4.78, 5) is 18.4. The molecule has 0 aliphatic carbocycles. The highest BCUT2D eigenvalue weighted by Crippen LogP contribution is 2.19. The molecule has 1 aromatic heterocycles. The fourth-order valence-corrected chi connectivity index (χ4v) is 1.92. The Morgan fingerprint density at radius 3 is 2.50 bits per heavy atom. The Hall–Kier alpha value is -2.67. The molecule has 1 unspecified atom stereocenters. The van der Waals surface area contributed by atoms with E-state index in [4.69, 9.17) is 9.84 Å². The molecule has 116 valence electrons. The number of carboxylic acids is 1. The van der Waals surface area contributed by atoms with Crippen molar-refractivity contribution >= 4 is 11.8 Å². The van der Waals surface area contributed by atoms with Crippen LogP contribution in [0.5, 0.6) is 5.75 Å². The first-order valence-electron chi connectivity index (χ1n) is 6.68. The minimum atomic E-state index is -1.12. The van der Waals surface area contributed by atoms with Crippen LogP contribution in [0, 0.1) is 0 Å². The van der Waals surface area contributed by atoms with Gasteiger partial charge in [-0.25, -0.2) is 14.8 Å². The molecule has 2 aromatic rings. The van der Waals surface area contributed by atoms with E-state index in [1.807, 2.05) is 24.3 Å². The number of rotatable bonds is 7. The van der Waals surface area contributed by atoms with Crippen LogP contribution in [0.25, 0.3) is 0 Å². The van der Waals surface area contributed by atoms with Gasteiger partial charge in [-0.3, -0.25) is 0 Å². The summed E-state index contributed by atoms with van der Waals surface area (Å²) in [6.45, 7) is 0.421. The number of hydrogen-bond donors (Lipinski definition) is 3. The van der Waals surface area contributed by atoms with Gasteiger partial charge in [0.2, 0.25) is 0 Å². The quantitative estimate of drug-likeness (QED) is 0.709. The zero-order valence-corrected chi connectivity index (χ0v) is 12.1. The molecule has 0 aliphatic rings. The highest BCUT2D eigenvalue weighted by molar-refractivity contribution is 5.84. The van der Waals surface area contributed by atoms with E-state index in [2.05, 4.69) is 15.3 Å². The molecular formula is C15H17N3O4. The number of benzene rings is 1. The van der Waals surface area contributed by atoms with E-state index in [0.717, 1.165) is 11.3 Å². The summed E-state index contributed by atoms with van der Waals surface area (Å²) in [5.41, 5.74) is 0.852. The van der Waals surface area contributed by atoms with Crippen LogP contribution < -0.4 is 10.1 Å². The maximum absolute atomic E-state index is 10.7. The molecule has 1 atom stereocenters. The Kier molecular flexibility index (Phi) is 5.26. The van der Waals surface area contributed by atoms with Gasteiger partial charge in [0.25, 0.3) is 0 Å². The van der Waals surface area contributed by atoms with E-state index in [-0.39, 0.29) is 18.2 Å². The van der Waals surface area contributed by atoms with E-state index in [1.54, 1.807) is 7.11 Å². The third-order valence-corrected chi connectivity index (χ3v) is 3.21. The molecule has 7 nitrogen and oxygen atoms in total. The zero-order valence-electron chi connectivity index (χ0n) is 12.1. The van der Waals surface area contributed by atoms with Crippen LogP contribution in [0.1, 0.15) is 22.0 Å². The Morgan fingerprint density at radius 2 is 2.00 bits per heavy atom. The van der Waals surface area contributed by atoms with Gasteiger partial charge in [0.1, 0.15) is 11.6 Å². The number of nitrogens with zero attached hydrogens (tertiary/aromatic N) is 2. The van der Waals surface area contributed by atoms with Crippen molar-refractivity contribution in [2.24, 2.45) is 0 Å². The number of hydrogen-bond acceptors (Lipinski definition) is 6. The van der Waals surface area contributed by atoms with E-state index in [9.17, 15) is 9.90 Å². The smallest absolute Gasteiger partial charge is 0.356 e. The fraction of sp³-hybridized carbons (Fsp3) is 0.267. The van der Waals surface area contributed by atoms with Crippen molar-refractivity contribution in [3.05, 3.63) is 47.9 Å². The second-order valence-corrected chi connectivity index (χ2v) is 4.63. The number of methoxy groups -OCH3 is 1. The van der Waals surface area contributed by atoms with Crippen LogP contribution in [0.4, 0.5) is 5.82 Å². The summed E-state index contributed by atoms with van der Waals surface area (Å²) < 4.78 is 5.10. The monoisotopic (exact) mass is 303 g/mol. The average molecular weight is 303 g/mol. The second kappa shape index (κ2) is 7.37. The first-order valence-corrected chi connectivity index (χ1v) is 6.68. The zero-order chi connectivity index (χ0) is 15.9. The Bertz CT molecular complexity index is 614. The molecule has 0 radical (unpaired) electrons. The number of aromatic nitrogens is 2. The van der Waals surface area contributed by atoms with E-state index in [0.29, 0.717) is 12.4 Å². The molecule has 0 saturated heterocycles. The van der Waals surface area contributed by atoms with Gasteiger partial charge < -0.3 is 20.3 Å². The number of aliphatic hydroxyl groups is 1. The van der Waals surface area contributed by atoms with Crippen molar-refractivity contribution in [3.63, 3.8) is 0 Å². The Balaban J connectivity index is 1.99. The topological polar surface area (TPSA) is 105 Å². The van der Waals surface area contributed by atoms with E-state index in [1.165, 1.54) is 12.4 Å². The maximum atomic E-state index is 10.7. The summed E-state index contributed by atoms with van der Waals surface area (Å²) in [6.07, 6.45) is 2.54. The van der Waals surface area contributed by atoms with Crippen molar-refractivity contribution in [1.29, 1.82) is 0 Å². The second-order valence-electron chi connectivity index (χ2n) is 4.63. The van der Waals surface area contributed by atoms with E-state index >= 15 is 0 Å². The minimum Gasteiger partial charge on any atom is -0.497 e. The highest BCUT2D eigenvalue weighted by atomic mass is 16.5. The van der Waals surface area contributed by atoms with Crippen LogP contribution in [0.2, 0.25) is 0 Å². The van der Waals surface area contributed by atoms with Gasteiger partial charge in [0, 0.05) is 12.5 Å². The highest BCUT2D eigenvalue weighted by Gasteiger charge is 2.11. The van der Waals surface area contributed by atoms with Gasteiger partial charge in [-0.15, -0.1) is 0 Å². The molecule has 0 spiro atoms. The van der Waals surface area contributed by atoms with Crippen molar-refractivity contribution in [2.45, 2.75) is 5.92 Å². The molecule has 0 amide bonds. The number of nitrogens with one attached hydrogen (secondary N) is 1. The summed E-state index contributed by atoms with van der Waals surface area (Å²) in [5.74, 6) is -0.0298. The van der Waals surface area contributed by atoms with Gasteiger partial charge in [-0.05, 0) is 17.7 Å². The predicted molar refractivity (Wildman–Crippen MR) is 80.3 cm³/mol. The lowest BCUT2D eigenvalue weighted by Crippen LogP contribution is -2.17. The molecule has 0 fully saturated rings. The van der Waals surface area contributed by atoms with Crippen molar-refractivity contribution in [3.8, 4) is 5.75 Å².